The summed E-state index contributed by atoms with van der Waals surface area (Å²) in [5.41, 5.74) is 0.488. The smallest absolute Gasteiger partial charge is 0.246 e. The Kier molecular flexibility index (Phi) is 5.58. The Labute approximate surface area is 156 Å². The Morgan fingerprint density at radius 3 is 2.62 bits per heavy atom. The Morgan fingerprint density at radius 1 is 1.27 bits per heavy atom. The zero-order valence-electron chi connectivity index (χ0n) is 15.7. The first-order valence-electron chi connectivity index (χ1n) is 9.30. The molecule has 1 aromatic rings. The highest BCUT2D eigenvalue weighted by atomic mass is 32.2. The van der Waals surface area contributed by atoms with Crippen molar-refractivity contribution in [1.82, 2.24) is 4.31 Å². The second-order valence-electron chi connectivity index (χ2n) is 7.57. The van der Waals surface area contributed by atoms with Crippen LogP contribution < -0.4 is 10.1 Å². The van der Waals surface area contributed by atoms with Gasteiger partial charge in [-0.2, -0.15) is 0 Å². The summed E-state index contributed by atoms with van der Waals surface area (Å²) >= 11 is 0. The topological polar surface area (TPSA) is 75.7 Å². The summed E-state index contributed by atoms with van der Waals surface area (Å²) in [5, 5.41) is 2.87. The molecule has 2 fully saturated rings. The molecular formula is C19H28N2O4S. The molecule has 3 atom stereocenters. The maximum atomic E-state index is 12.6. The van der Waals surface area contributed by atoms with Crippen LogP contribution in [0.1, 0.15) is 39.0 Å². The first-order valence-corrected chi connectivity index (χ1v) is 10.7. The molecule has 7 heteroatoms. The fourth-order valence-corrected chi connectivity index (χ4v) is 5.39. The van der Waals surface area contributed by atoms with Gasteiger partial charge in [0.1, 0.15) is 10.6 Å². The molecule has 3 rings (SSSR count). The lowest BCUT2D eigenvalue weighted by atomic mass is 9.86. The standard InChI is InChI=1S/C19H28N2O4S/c1-4-25-17-8-7-16(12-18(17)26(23,24)21(2)3)20-19(22)11-15-10-13-5-6-14(15)9-13/h7-8,12-15H,4-6,9-11H2,1-3H3,(H,20,22)/t13-,14-,15+/m1/s1. The third-order valence-corrected chi connectivity index (χ3v) is 7.45. The van der Waals surface area contributed by atoms with Crippen molar-refractivity contribution in [2.24, 2.45) is 17.8 Å². The van der Waals surface area contributed by atoms with Gasteiger partial charge in [-0.15, -0.1) is 0 Å². The largest absolute Gasteiger partial charge is 0.492 e. The molecular weight excluding hydrogens is 352 g/mol. The molecule has 2 saturated carbocycles. The number of benzene rings is 1. The molecule has 0 unspecified atom stereocenters. The molecule has 1 amide bonds. The quantitative estimate of drug-likeness (QED) is 0.789. The van der Waals surface area contributed by atoms with Gasteiger partial charge in [0.05, 0.1) is 6.61 Å². The monoisotopic (exact) mass is 380 g/mol. The fraction of sp³-hybridized carbons (Fsp3) is 0.632. The van der Waals surface area contributed by atoms with Gasteiger partial charge in [0.2, 0.25) is 15.9 Å². The third kappa shape index (κ3) is 3.88. The normalized spacial score (nSPS) is 24.8. The lowest BCUT2D eigenvalue weighted by Crippen LogP contribution is -2.23. The van der Waals surface area contributed by atoms with Crippen molar-refractivity contribution in [3.05, 3.63) is 18.2 Å². The third-order valence-electron chi connectivity index (χ3n) is 5.62. The second-order valence-corrected chi connectivity index (χ2v) is 9.69. The molecule has 2 bridgehead atoms. The van der Waals surface area contributed by atoms with Gasteiger partial charge in [0.25, 0.3) is 0 Å². The molecule has 144 valence electrons. The Balaban J connectivity index is 1.74. The van der Waals surface area contributed by atoms with Crippen molar-refractivity contribution >= 4 is 21.6 Å². The SMILES string of the molecule is CCOc1ccc(NC(=O)C[C@@H]2C[C@@H]3CC[C@@H]2C3)cc1S(=O)(=O)N(C)C. The number of amides is 1. The molecule has 0 heterocycles. The summed E-state index contributed by atoms with van der Waals surface area (Å²) in [6.07, 6.45) is 5.50. The van der Waals surface area contributed by atoms with E-state index in [0.29, 0.717) is 36.3 Å². The van der Waals surface area contributed by atoms with Gasteiger partial charge in [-0.1, -0.05) is 6.42 Å². The second kappa shape index (κ2) is 7.56. The molecule has 0 saturated heterocycles. The fourth-order valence-electron chi connectivity index (χ4n) is 4.34. The molecule has 2 aliphatic rings. The van der Waals surface area contributed by atoms with E-state index in [1.54, 1.807) is 19.1 Å². The van der Waals surface area contributed by atoms with Gasteiger partial charge < -0.3 is 10.1 Å². The Bertz CT molecular complexity index is 776. The average Bonchev–Trinajstić information content (AvgIpc) is 3.19. The number of hydrogen-bond donors (Lipinski definition) is 1. The van der Waals surface area contributed by atoms with Crippen LogP contribution in [0.3, 0.4) is 0 Å². The van der Waals surface area contributed by atoms with E-state index < -0.39 is 10.0 Å². The number of nitrogens with zero attached hydrogens (tertiary/aromatic N) is 1. The number of hydrogen-bond acceptors (Lipinski definition) is 4. The predicted octanol–water partition coefficient (Wildman–Crippen LogP) is 3.10. The molecule has 6 nitrogen and oxygen atoms in total. The number of nitrogens with one attached hydrogen (secondary N) is 1. The van der Waals surface area contributed by atoms with Crippen LogP contribution in [0, 0.1) is 17.8 Å². The van der Waals surface area contributed by atoms with Crippen molar-refractivity contribution in [2.75, 3.05) is 26.0 Å². The minimum Gasteiger partial charge on any atom is -0.492 e. The Hall–Kier alpha value is -1.60. The predicted molar refractivity (Wildman–Crippen MR) is 101 cm³/mol. The van der Waals surface area contributed by atoms with Crippen molar-refractivity contribution in [1.29, 1.82) is 0 Å². The summed E-state index contributed by atoms with van der Waals surface area (Å²) in [4.78, 5) is 12.5. The van der Waals surface area contributed by atoms with Crippen LogP contribution in [0.25, 0.3) is 0 Å². The molecule has 1 N–H and O–H groups in total. The number of sulfonamides is 1. The summed E-state index contributed by atoms with van der Waals surface area (Å²) in [6, 6.07) is 4.78. The van der Waals surface area contributed by atoms with Gasteiger partial charge in [0.15, 0.2) is 0 Å². The molecule has 0 aromatic heterocycles. The minimum atomic E-state index is -3.66. The molecule has 0 radical (unpaired) electrons. The maximum Gasteiger partial charge on any atom is 0.246 e. The first kappa shape index (κ1) is 19.2. The molecule has 2 aliphatic carbocycles. The lowest BCUT2D eigenvalue weighted by molar-refractivity contribution is -0.117. The van der Waals surface area contributed by atoms with E-state index in [1.807, 2.05) is 0 Å². The van der Waals surface area contributed by atoms with Crippen LogP contribution >= 0.6 is 0 Å². The number of ether oxygens (including phenoxy) is 1. The van der Waals surface area contributed by atoms with Crippen molar-refractivity contribution in [3.63, 3.8) is 0 Å². The summed E-state index contributed by atoms with van der Waals surface area (Å²) in [6.45, 7) is 2.17. The van der Waals surface area contributed by atoms with E-state index in [9.17, 15) is 13.2 Å². The summed E-state index contributed by atoms with van der Waals surface area (Å²) in [7, 11) is -0.705. The number of fused-ring (bicyclic) bond motifs is 2. The highest BCUT2D eigenvalue weighted by molar-refractivity contribution is 7.89. The van der Waals surface area contributed by atoms with Crippen LogP contribution in [0.4, 0.5) is 5.69 Å². The van der Waals surface area contributed by atoms with Gasteiger partial charge >= 0.3 is 0 Å². The average molecular weight is 381 g/mol. The number of anilines is 1. The zero-order chi connectivity index (χ0) is 18.9. The van der Waals surface area contributed by atoms with E-state index in [1.165, 1.54) is 39.4 Å². The molecule has 0 spiro atoms. The van der Waals surface area contributed by atoms with Gasteiger partial charge in [-0.3, -0.25) is 4.79 Å². The number of carbonyl (C=O) groups excluding carboxylic acids is 1. The number of rotatable bonds is 7. The van der Waals surface area contributed by atoms with E-state index >= 15 is 0 Å². The minimum absolute atomic E-state index is 0.0417. The van der Waals surface area contributed by atoms with E-state index in [0.717, 1.165) is 16.6 Å². The highest BCUT2D eigenvalue weighted by Gasteiger charge is 2.40. The first-order chi connectivity index (χ1) is 12.3. The zero-order valence-corrected chi connectivity index (χ0v) is 16.5. The van der Waals surface area contributed by atoms with E-state index in [4.69, 9.17) is 4.74 Å². The van der Waals surface area contributed by atoms with E-state index in [-0.39, 0.29) is 10.8 Å². The summed E-state index contributed by atoms with van der Waals surface area (Å²) < 4.78 is 31.7. The van der Waals surface area contributed by atoms with Gasteiger partial charge in [-0.25, -0.2) is 12.7 Å². The maximum absolute atomic E-state index is 12.6. The van der Waals surface area contributed by atoms with Gasteiger partial charge in [0, 0.05) is 26.2 Å². The summed E-state index contributed by atoms with van der Waals surface area (Å²) in [5.74, 6) is 2.23. The highest BCUT2D eigenvalue weighted by Crippen LogP contribution is 2.49. The van der Waals surface area contributed by atoms with Crippen LogP contribution in [-0.4, -0.2) is 39.3 Å². The van der Waals surface area contributed by atoms with Gasteiger partial charge in [-0.05, 0) is 62.1 Å². The van der Waals surface area contributed by atoms with Crippen LogP contribution in [-0.2, 0) is 14.8 Å². The molecule has 1 aromatic carbocycles. The Morgan fingerprint density at radius 2 is 2.04 bits per heavy atom. The van der Waals surface area contributed by atoms with E-state index in [2.05, 4.69) is 5.32 Å². The number of carbonyl (C=O) groups is 1. The van der Waals surface area contributed by atoms with Crippen LogP contribution in [0.2, 0.25) is 0 Å². The lowest BCUT2D eigenvalue weighted by Gasteiger charge is -2.21. The van der Waals surface area contributed by atoms with Crippen molar-refractivity contribution < 1.29 is 17.9 Å². The van der Waals surface area contributed by atoms with Crippen molar-refractivity contribution in [3.8, 4) is 5.75 Å². The molecule has 0 aliphatic heterocycles. The van der Waals surface area contributed by atoms with Crippen LogP contribution in [0.5, 0.6) is 5.75 Å². The molecule has 26 heavy (non-hydrogen) atoms. The van der Waals surface area contributed by atoms with Crippen molar-refractivity contribution in [2.45, 2.75) is 43.9 Å². The van der Waals surface area contributed by atoms with Crippen LogP contribution in [0.15, 0.2) is 23.1 Å².